The third-order valence-corrected chi connectivity index (χ3v) is 13.6. The van der Waals surface area contributed by atoms with E-state index in [4.69, 9.17) is 61.1 Å². The number of hydrogen-bond acceptors (Lipinski definition) is 18. The number of carbonyl (C=O) groups is 3. The molecule has 4 rings (SSSR count). The average Bonchev–Trinajstić information content (AvgIpc) is 3.30. The number of carbonyl (C=O) groups excluding carboxylic acids is 3. The first kappa shape index (κ1) is 59.7. The summed E-state index contributed by atoms with van der Waals surface area (Å²) in [5, 5.41) is 76.0. The number of allylic oxidation sites excluding steroid dienone is 4. The molecule has 3 aliphatic heterocycles. The molecule has 0 aliphatic carbocycles. The summed E-state index contributed by atoms with van der Waals surface area (Å²) in [5.74, 6) is -4.84. The van der Waals surface area contributed by atoms with Crippen LogP contribution < -0.4 is 0 Å². The van der Waals surface area contributed by atoms with Gasteiger partial charge >= 0.3 is 17.9 Å². The first-order valence-corrected chi connectivity index (χ1v) is 24.4. The number of aliphatic hydroxyl groups excluding tert-OH is 5. The van der Waals surface area contributed by atoms with Crippen molar-refractivity contribution in [2.45, 2.75) is 181 Å². The van der Waals surface area contributed by atoms with Crippen LogP contribution in [-0.4, -0.2) is 153 Å². The highest BCUT2D eigenvalue weighted by molar-refractivity contribution is 6.39. The SMILES string of the molecule is CCC1/C=C(\C)C(O)C/C=C/C=C(\CO[C@@H]2O[C@@H](C)[C@H](OC(=O)c3c(C)c(Cl)c(O)c(Cl)c3O)[C@@H](O)[C@H]2OC)C(=O)OC(C(C)O)C/C=C(C)/C=C(\C)C1O[C@@H]1OC(C)(C)[C@@H](OC(=O)C(C)C)[C@H](O)[C@@H]1O. The second-order valence-corrected chi connectivity index (χ2v) is 19.9. The Hall–Kier alpha value is -3.89. The van der Waals surface area contributed by atoms with Crippen molar-refractivity contribution in [2.75, 3.05) is 13.7 Å². The molecule has 3 heterocycles. The van der Waals surface area contributed by atoms with Crippen LogP contribution in [0.25, 0.3) is 0 Å². The zero-order valence-corrected chi connectivity index (χ0v) is 43.8. The van der Waals surface area contributed by atoms with Gasteiger partial charge in [0.1, 0.15) is 46.7 Å². The van der Waals surface area contributed by atoms with Crippen LogP contribution in [0.1, 0.15) is 104 Å². The van der Waals surface area contributed by atoms with Gasteiger partial charge in [0.15, 0.2) is 36.3 Å². The molecule has 0 saturated carbocycles. The van der Waals surface area contributed by atoms with Gasteiger partial charge in [0.2, 0.25) is 0 Å². The molecule has 71 heavy (non-hydrogen) atoms. The standard InChI is InChI=1S/C51H72Cl2O18/c1-13-30-21-25(5)32(55)17-15-14-16-31(22-65-50-44(64-12)41(60)43(29(9)66-50)68-48(63)34-27(7)35(52)38(57)36(53)37(34)56)47(62)67-33(28(8)54)19-18-24(4)20-26(6)42(30)69-49-40(59)39(58)45(51(10,11)71-49)70-46(61)23(2)3/h14-16,18,20-21,23,28-30,32-33,39-45,49-50,54-60H,13,17,19,22H2,1-12H3/b15-14+,24-18+,25-21+,26-20+,31-16+/t28?,29-,30?,32?,33?,39+,40-,41+,42?,43-,44+,45-,49+,50+/m0/s1. The van der Waals surface area contributed by atoms with E-state index in [1.165, 1.54) is 40.0 Å². The second kappa shape index (κ2) is 25.9. The molecule has 18 nitrogen and oxygen atoms in total. The third-order valence-electron chi connectivity index (χ3n) is 12.8. The highest BCUT2D eigenvalue weighted by Gasteiger charge is 2.53. The fraction of sp³-hybridized carbons (Fsp3) is 0.627. The molecule has 0 radical (unpaired) electrons. The molecule has 3 aliphatic rings. The first-order valence-electron chi connectivity index (χ1n) is 23.6. The zero-order chi connectivity index (χ0) is 53.4. The molecular formula is C51H72Cl2O18. The van der Waals surface area contributed by atoms with Crippen molar-refractivity contribution < 1.29 is 88.0 Å². The molecule has 2 saturated heterocycles. The Labute approximate surface area is 425 Å². The molecule has 14 atom stereocenters. The lowest BCUT2D eigenvalue weighted by molar-refractivity contribution is -0.333. The summed E-state index contributed by atoms with van der Waals surface area (Å²) in [7, 11) is 1.26. The predicted molar refractivity (Wildman–Crippen MR) is 260 cm³/mol. The number of hydrogen-bond donors (Lipinski definition) is 7. The van der Waals surface area contributed by atoms with Crippen LogP contribution in [0.4, 0.5) is 0 Å². The Bertz CT molecular complexity index is 2170. The Morgan fingerprint density at radius 2 is 1.56 bits per heavy atom. The number of cyclic esters (lactones) is 1. The Morgan fingerprint density at radius 1 is 0.901 bits per heavy atom. The second-order valence-electron chi connectivity index (χ2n) is 19.2. The van der Waals surface area contributed by atoms with Gasteiger partial charge in [-0.2, -0.15) is 0 Å². The Kier molecular flexibility index (Phi) is 21.7. The van der Waals surface area contributed by atoms with Gasteiger partial charge in [-0.25, -0.2) is 9.59 Å². The monoisotopic (exact) mass is 1040 g/mol. The van der Waals surface area contributed by atoms with Crippen molar-refractivity contribution in [3.63, 3.8) is 0 Å². The molecule has 0 aromatic heterocycles. The van der Waals surface area contributed by atoms with Gasteiger partial charge < -0.3 is 73.6 Å². The van der Waals surface area contributed by atoms with E-state index < -0.39 is 144 Å². The van der Waals surface area contributed by atoms with Crippen LogP contribution in [0.15, 0.2) is 58.7 Å². The van der Waals surface area contributed by atoms with Crippen LogP contribution in [0, 0.1) is 18.8 Å². The minimum atomic E-state index is -1.61. The highest BCUT2D eigenvalue weighted by atomic mass is 35.5. The molecule has 2 fully saturated rings. The van der Waals surface area contributed by atoms with Gasteiger partial charge in [-0.1, -0.05) is 79.9 Å². The quantitative estimate of drug-likeness (QED) is 0.0721. The maximum Gasteiger partial charge on any atom is 0.342 e. The summed E-state index contributed by atoms with van der Waals surface area (Å²) in [5.41, 5.74) is 0.193. The lowest BCUT2D eigenvalue weighted by atomic mass is 9.88. The summed E-state index contributed by atoms with van der Waals surface area (Å²) in [6.07, 6.45) is -5.56. The van der Waals surface area contributed by atoms with E-state index in [1.54, 1.807) is 46.8 Å². The van der Waals surface area contributed by atoms with Crippen molar-refractivity contribution in [3.8, 4) is 11.5 Å². The smallest absolute Gasteiger partial charge is 0.342 e. The fourth-order valence-electron chi connectivity index (χ4n) is 8.37. The van der Waals surface area contributed by atoms with E-state index in [1.807, 2.05) is 32.9 Å². The third kappa shape index (κ3) is 14.7. The van der Waals surface area contributed by atoms with Crippen molar-refractivity contribution in [1.82, 2.24) is 0 Å². The summed E-state index contributed by atoms with van der Waals surface area (Å²) >= 11 is 12.1. The van der Waals surface area contributed by atoms with Crippen LogP contribution in [-0.2, 0) is 47.5 Å². The molecule has 5 unspecified atom stereocenters. The molecule has 20 heteroatoms. The first-order chi connectivity index (χ1) is 33.2. The Balaban J connectivity index is 1.60. The van der Waals surface area contributed by atoms with Crippen molar-refractivity contribution in [3.05, 3.63) is 79.9 Å². The molecule has 0 amide bonds. The number of esters is 3. The van der Waals surface area contributed by atoms with Crippen molar-refractivity contribution >= 4 is 41.1 Å². The topological polar surface area (TPSA) is 267 Å². The summed E-state index contributed by atoms with van der Waals surface area (Å²) < 4.78 is 47.4. The highest BCUT2D eigenvalue weighted by Crippen LogP contribution is 2.44. The van der Waals surface area contributed by atoms with Crippen LogP contribution in [0.2, 0.25) is 10.0 Å². The summed E-state index contributed by atoms with van der Waals surface area (Å²) in [4.78, 5) is 39.8. The predicted octanol–water partition coefficient (Wildman–Crippen LogP) is 5.98. The van der Waals surface area contributed by atoms with Gasteiger partial charge in [0.25, 0.3) is 0 Å². The molecule has 0 bridgehead atoms. The fourth-order valence-corrected chi connectivity index (χ4v) is 8.79. The number of phenolic OH excluding ortho intramolecular Hbond substituents is 2. The van der Waals surface area contributed by atoms with Crippen LogP contribution in [0.3, 0.4) is 0 Å². The van der Waals surface area contributed by atoms with E-state index in [-0.39, 0.29) is 29.0 Å². The lowest BCUT2D eigenvalue weighted by Crippen LogP contribution is -2.64. The minimum Gasteiger partial charge on any atom is -0.505 e. The Morgan fingerprint density at radius 3 is 2.17 bits per heavy atom. The summed E-state index contributed by atoms with van der Waals surface area (Å²) in [6, 6.07) is 0. The normalized spacial score (nSPS) is 35.2. The molecule has 7 N–H and O–H groups in total. The molecule has 398 valence electrons. The summed E-state index contributed by atoms with van der Waals surface area (Å²) in [6.45, 7) is 17.8. The number of halogens is 2. The number of rotatable bonds is 12. The lowest BCUT2D eigenvalue weighted by Gasteiger charge is -2.47. The largest absolute Gasteiger partial charge is 0.505 e. The van der Waals surface area contributed by atoms with E-state index in [0.29, 0.717) is 23.1 Å². The van der Waals surface area contributed by atoms with E-state index in [9.17, 15) is 50.1 Å². The van der Waals surface area contributed by atoms with Gasteiger partial charge in [-0.3, -0.25) is 4.79 Å². The minimum absolute atomic E-state index is 0.0285. The van der Waals surface area contributed by atoms with Gasteiger partial charge in [0.05, 0.1) is 47.5 Å². The van der Waals surface area contributed by atoms with Crippen molar-refractivity contribution in [2.24, 2.45) is 11.8 Å². The van der Waals surface area contributed by atoms with Crippen LogP contribution >= 0.6 is 23.2 Å². The zero-order valence-electron chi connectivity index (χ0n) is 42.3. The van der Waals surface area contributed by atoms with Gasteiger partial charge in [-0.05, 0) is 91.0 Å². The number of benzene rings is 1. The maximum absolute atomic E-state index is 13.9. The van der Waals surface area contributed by atoms with E-state index >= 15 is 0 Å². The van der Waals surface area contributed by atoms with Crippen molar-refractivity contribution in [1.29, 1.82) is 0 Å². The van der Waals surface area contributed by atoms with E-state index in [2.05, 4.69) is 0 Å². The van der Waals surface area contributed by atoms with E-state index in [0.717, 1.165) is 0 Å². The molecule has 1 aromatic carbocycles. The molecular weight excluding hydrogens is 971 g/mol. The number of aromatic hydroxyl groups is 2. The average molecular weight is 1040 g/mol. The van der Waals surface area contributed by atoms with Crippen LogP contribution in [0.5, 0.6) is 11.5 Å². The number of phenols is 2. The molecule has 1 aromatic rings. The van der Waals surface area contributed by atoms with Gasteiger partial charge in [0, 0.05) is 19.4 Å². The molecule has 0 spiro atoms. The number of ether oxygens (including phenoxy) is 8. The number of methoxy groups -OCH3 is 1. The van der Waals surface area contributed by atoms with Gasteiger partial charge in [-0.15, -0.1) is 0 Å². The maximum atomic E-state index is 13.9. The number of aliphatic hydroxyl groups is 5.